The van der Waals surface area contributed by atoms with E-state index in [2.05, 4.69) is 21.8 Å². The van der Waals surface area contributed by atoms with Crippen LogP contribution in [0.15, 0.2) is 48.6 Å². The highest BCUT2D eigenvalue weighted by atomic mass is 35.5. The second-order valence-corrected chi connectivity index (χ2v) is 16.8. The minimum atomic E-state index is -3.94. The Morgan fingerprint density at radius 3 is 2.66 bits per heavy atom. The van der Waals surface area contributed by atoms with Crippen molar-refractivity contribution in [2.24, 2.45) is 23.7 Å². The second-order valence-electron chi connectivity index (χ2n) is 14.4. The molecule has 6 atom stereocenters. The van der Waals surface area contributed by atoms with Crippen molar-refractivity contribution < 1.29 is 18.3 Å². The molecule has 44 heavy (non-hydrogen) atoms. The number of nitrogens with one attached hydrogen (secondary N) is 1. The molecule has 8 heteroatoms. The van der Waals surface area contributed by atoms with Gasteiger partial charge in [0.15, 0.2) is 0 Å². The number of aliphatic hydroxyl groups is 1. The molecular formula is C36H47ClN2O4S. The SMILES string of the molecule is CC(C)C[C@@H]1[C@@H](C)C/C=C/[C@H](O)[C@@H]2CC[C@H]2CN2C[C@@]3(CCCc4cc(Cl)ccc43)CCc3ccc(cc32)C(=O)NS1(=O)=O. The Hall–Kier alpha value is -2.35. The van der Waals surface area contributed by atoms with Gasteiger partial charge in [-0.15, -0.1) is 0 Å². The number of aryl methyl sites for hydroxylation is 2. The Morgan fingerprint density at radius 2 is 1.91 bits per heavy atom. The molecule has 6 nitrogen and oxygen atoms in total. The number of nitrogens with zero attached hydrogens (tertiary/aromatic N) is 1. The number of carbonyl (C=O) groups is 1. The van der Waals surface area contributed by atoms with Gasteiger partial charge in [-0.25, -0.2) is 13.1 Å². The molecule has 2 heterocycles. The summed E-state index contributed by atoms with van der Waals surface area (Å²) in [5, 5.41) is 11.3. The van der Waals surface area contributed by atoms with Crippen LogP contribution < -0.4 is 9.62 Å². The number of fused-ring (bicyclic) bond motifs is 4. The molecule has 2 aromatic carbocycles. The van der Waals surface area contributed by atoms with Crippen LogP contribution in [0.1, 0.15) is 92.8 Å². The van der Waals surface area contributed by atoms with Crippen molar-refractivity contribution in [2.45, 2.75) is 95.3 Å². The van der Waals surface area contributed by atoms with Gasteiger partial charge in [-0.1, -0.05) is 56.7 Å². The maximum Gasteiger partial charge on any atom is 0.264 e. The quantitative estimate of drug-likeness (QED) is 0.353. The van der Waals surface area contributed by atoms with E-state index in [1.54, 1.807) is 6.07 Å². The average molecular weight is 639 g/mol. The van der Waals surface area contributed by atoms with Gasteiger partial charge in [0.2, 0.25) is 10.0 Å². The van der Waals surface area contributed by atoms with Gasteiger partial charge in [0.25, 0.3) is 5.91 Å². The lowest BCUT2D eigenvalue weighted by Gasteiger charge is -2.46. The topological polar surface area (TPSA) is 86.7 Å². The molecule has 2 aliphatic carbocycles. The minimum absolute atomic E-state index is 0.0399. The molecule has 2 N–H and O–H groups in total. The van der Waals surface area contributed by atoms with E-state index < -0.39 is 27.3 Å². The number of sulfonamides is 1. The molecule has 1 saturated carbocycles. The summed E-state index contributed by atoms with van der Waals surface area (Å²) in [4.78, 5) is 16.1. The maximum absolute atomic E-state index is 13.7. The fourth-order valence-electron chi connectivity index (χ4n) is 8.41. The second kappa shape index (κ2) is 12.4. The Balaban J connectivity index is 1.42. The summed E-state index contributed by atoms with van der Waals surface area (Å²) in [6.07, 6.45) is 11.4. The number of amides is 1. The van der Waals surface area contributed by atoms with Gasteiger partial charge in [-0.05, 0) is 122 Å². The summed E-state index contributed by atoms with van der Waals surface area (Å²) in [6, 6.07) is 12.1. The van der Waals surface area contributed by atoms with Gasteiger partial charge < -0.3 is 10.0 Å². The van der Waals surface area contributed by atoms with Crippen LogP contribution >= 0.6 is 11.6 Å². The number of rotatable bonds is 2. The molecular weight excluding hydrogens is 592 g/mol. The third-order valence-corrected chi connectivity index (χ3v) is 13.1. The molecule has 2 aromatic rings. The van der Waals surface area contributed by atoms with Crippen molar-refractivity contribution in [3.8, 4) is 0 Å². The average Bonchev–Trinajstić information content (AvgIpc) is 3.10. The highest BCUT2D eigenvalue weighted by molar-refractivity contribution is 7.90. The molecule has 0 radical (unpaired) electrons. The van der Waals surface area contributed by atoms with E-state index in [9.17, 15) is 18.3 Å². The summed E-state index contributed by atoms with van der Waals surface area (Å²) in [5.74, 6) is -0.119. The largest absolute Gasteiger partial charge is 0.389 e. The molecule has 1 amide bonds. The van der Waals surface area contributed by atoms with Crippen molar-refractivity contribution >= 4 is 33.2 Å². The van der Waals surface area contributed by atoms with E-state index in [1.807, 2.05) is 51.1 Å². The Bertz CT molecular complexity index is 1540. The minimum Gasteiger partial charge on any atom is -0.389 e. The monoisotopic (exact) mass is 638 g/mol. The number of benzene rings is 2. The molecule has 2 aliphatic heterocycles. The zero-order valence-electron chi connectivity index (χ0n) is 26.3. The van der Waals surface area contributed by atoms with Gasteiger partial charge in [0.1, 0.15) is 0 Å². The van der Waals surface area contributed by atoms with Crippen molar-refractivity contribution in [2.75, 3.05) is 18.0 Å². The Labute approximate surface area is 268 Å². The van der Waals surface area contributed by atoms with Gasteiger partial charge in [-0.2, -0.15) is 0 Å². The number of hydrogen-bond acceptors (Lipinski definition) is 5. The van der Waals surface area contributed by atoms with Crippen LogP contribution in [-0.2, 0) is 28.3 Å². The molecule has 1 fully saturated rings. The molecule has 0 unspecified atom stereocenters. The lowest BCUT2D eigenvalue weighted by Crippen LogP contribution is -2.48. The number of carbonyl (C=O) groups excluding carboxylic acids is 1. The van der Waals surface area contributed by atoms with Gasteiger partial charge in [0.05, 0.1) is 11.4 Å². The smallest absolute Gasteiger partial charge is 0.264 e. The Kier molecular flexibility index (Phi) is 8.95. The Morgan fingerprint density at radius 1 is 1.09 bits per heavy atom. The van der Waals surface area contributed by atoms with Crippen LogP contribution in [-0.4, -0.2) is 43.9 Å². The fraction of sp³-hybridized carbons (Fsp3) is 0.583. The molecule has 0 aromatic heterocycles. The zero-order valence-corrected chi connectivity index (χ0v) is 27.8. The van der Waals surface area contributed by atoms with E-state index in [0.29, 0.717) is 24.3 Å². The summed E-state index contributed by atoms with van der Waals surface area (Å²) in [5.41, 5.74) is 5.25. The van der Waals surface area contributed by atoms with Crippen LogP contribution in [0.5, 0.6) is 0 Å². The number of allylic oxidation sites excluding steroid dienone is 1. The molecule has 6 rings (SSSR count). The maximum atomic E-state index is 13.7. The highest BCUT2D eigenvalue weighted by Crippen LogP contribution is 2.47. The number of aliphatic hydroxyl groups excluding tert-OH is 1. The van der Waals surface area contributed by atoms with Crippen LogP contribution in [0, 0.1) is 23.7 Å². The molecule has 4 aliphatic rings. The zero-order chi connectivity index (χ0) is 31.2. The number of anilines is 1. The predicted octanol–water partition coefficient (Wildman–Crippen LogP) is 6.82. The lowest BCUT2D eigenvalue weighted by molar-refractivity contribution is 0.0456. The highest BCUT2D eigenvalue weighted by Gasteiger charge is 2.43. The third-order valence-electron chi connectivity index (χ3n) is 11.0. The van der Waals surface area contributed by atoms with Crippen LogP contribution in [0.2, 0.25) is 5.02 Å². The standard InChI is InChI=1S/C36H47ClN2O4S/c1-23(2)18-34-24(3)6-4-8-33(40)30-13-11-28(30)21-39-22-36(16-5-7-26-19-29(37)12-14-31(26)36)17-15-25-9-10-27(20-32(25)39)35(41)38-44(34,42)43/h4,8-10,12,14,19-20,23-24,28,30,33-34,40H,5-7,11,13,15-18,21-22H2,1-3H3,(H,38,41)/b8-4+/t24-,28-,30+,33-,34+,36+/m0/s1. The van der Waals surface area contributed by atoms with Gasteiger partial charge >= 0.3 is 0 Å². The number of hydrogen-bond donors (Lipinski definition) is 2. The summed E-state index contributed by atoms with van der Waals surface area (Å²) in [7, 11) is -3.94. The van der Waals surface area contributed by atoms with Crippen LogP contribution in [0.4, 0.5) is 5.69 Å². The fourth-order valence-corrected chi connectivity index (χ4v) is 10.5. The first kappa shape index (κ1) is 31.6. The van der Waals surface area contributed by atoms with E-state index in [0.717, 1.165) is 68.7 Å². The molecule has 2 bridgehead atoms. The molecule has 1 spiro atoms. The van der Waals surface area contributed by atoms with Crippen LogP contribution in [0.25, 0.3) is 0 Å². The first-order valence-electron chi connectivity index (χ1n) is 16.5. The van der Waals surface area contributed by atoms with E-state index in [4.69, 9.17) is 11.6 Å². The van der Waals surface area contributed by atoms with Crippen molar-refractivity contribution in [1.82, 2.24) is 4.72 Å². The van der Waals surface area contributed by atoms with E-state index in [-0.39, 0.29) is 23.2 Å². The number of halogens is 1. The van der Waals surface area contributed by atoms with Crippen molar-refractivity contribution in [1.29, 1.82) is 0 Å². The van der Waals surface area contributed by atoms with Crippen molar-refractivity contribution in [3.05, 3.63) is 75.8 Å². The van der Waals surface area contributed by atoms with E-state index >= 15 is 0 Å². The molecule has 0 saturated heterocycles. The van der Waals surface area contributed by atoms with Gasteiger partial charge in [0, 0.05) is 34.8 Å². The summed E-state index contributed by atoms with van der Waals surface area (Å²) < 4.78 is 29.8. The first-order valence-corrected chi connectivity index (χ1v) is 18.5. The first-order chi connectivity index (χ1) is 21.0. The lowest BCUT2D eigenvalue weighted by atomic mass is 9.66. The van der Waals surface area contributed by atoms with Gasteiger partial charge in [-0.3, -0.25) is 4.79 Å². The third kappa shape index (κ3) is 6.21. The normalized spacial score (nSPS) is 32.6. The van der Waals surface area contributed by atoms with Crippen LogP contribution in [0.3, 0.4) is 0 Å². The molecule has 238 valence electrons. The summed E-state index contributed by atoms with van der Waals surface area (Å²) >= 11 is 6.43. The van der Waals surface area contributed by atoms with E-state index in [1.165, 1.54) is 16.7 Å². The van der Waals surface area contributed by atoms with Crippen molar-refractivity contribution in [3.63, 3.8) is 0 Å². The summed E-state index contributed by atoms with van der Waals surface area (Å²) in [6.45, 7) is 7.56. The predicted molar refractivity (Wildman–Crippen MR) is 178 cm³/mol.